The lowest BCUT2D eigenvalue weighted by Crippen LogP contribution is -1.88. The Morgan fingerprint density at radius 1 is 1.17 bits per heavy atom. The number of nitrogens with two attached hydrogens (primary N) is 1. The number of benzene rings is 2. The Hall–Kier alpha value is -1.88. The smallest absolute Gasteiger partial charge is 0.148 e. The third kappa shape index (κ3) is 1.67. The standard InChI is InChI=1S/C13H9BrFN3/c14-8-4-1-3-7(11(8)15)13-17-10-6-2-5-9(16)12(10)18-13/h1-6H,16H2,(H,17,18). The molecule has 3 rings (SSSR count). The zero-order valence-corrected chi connectivity index (χ0v) is 10.8. The number of nitrogen functional groups attached to an aromatic ring is 1. The van der Waals surface area contributed by atoms with Crippen LogP contribution in [0.3, 0.4) is 0 Å². The van der Waals surface area contributed by atoms with Gasteiger partial charge in [-0.3, -0.25) is 0 Å². The highest BCUT2D eigenvalue weighted by Crippen LogP contribution is 2.28. The number of hydrogen-bond donors (Lipinski definition) is 2. The molecule has 0 unspecified atom stereocenters. The molecule has 90 valence electrons. The molecule has 2 aromatic carbocycles. The van der Waals surface area contributed by atoms with Gasteiger partial charge < -0.3 is 10.7 Å². The molecule has 0 aliphatic rings. The minimum absolute atomic E-state index is 0.338. The maximum Gasteiger partial charge on any atom is 0.148 e. The van der Waals surface area contributed by atoms with E-state index >= 15 is 0 Å². The predicted molar refractivity (Wildman–Crippen MR) is 73.6 cm³/mol. The highest BCUT2D eigenvalue weighted by molar-refractivity contribution is 9.10. The van der Waals surface area contributed by atoms with Gasteiger partial charge in [0.1, 0.15) is 17.2 Å². The van der Waals surface area contributed by atoms with Gasteiger partial charge in [-0.05, 0) is 40.2 Å². The number of anilines is 1. The number of imidazole rings is 1. The van der Waals surface area contributed by atoms with Crippen LogP contribution in [0.4, 0.5) is 10.1 Å². The van der Waals surface area contributed by atoms with Crippen molar-refractivity contribution < 1.29 is 4.39 Å². The molecule has 0 saturated carbocycles. The number of fused-ring (bicyclic) bond motifs is 1. The van der Waals surface area contributed by atoms with Gasteiger partial charge in [-0.25, -0.2) is 9.37 Å². The third-order valence-corrected chi connectivity index (χ3v) is 3.36. The SMILES string of the molecule is Nc1cccc2[nH]c(-c3cccc(Br)c3F)nc12. The maximum absolute atomic E-state index is 14.0. The summed E-state index contributed by atoms with van der Waals surface area (Å²) in [5, 5.41) is 0. The van der Waals surface area contributed by atoms with E-state index in [2.05, 4.69) is 25.9 Å². The molecule has 0 spiro atoms. The number of hydrogen-bond acceptors (Lipinski definition) is 2. The Bertz CT molecular complexity index is 736. The summed E-state index contributed by atoms with van der Waals surface area (Å²) < 4.78 is 14.4. The van der Waals surface area contributed by atoms with Crippen LogP contribution in [0.1, 0.15) is 0 Å². The molecular formula is C13H9BrFN3. The van der Waals surface area contributed by atoms with Gasteiger partial charge in [-0.2, -0.15) is 0 Å². The van der Waals surface area contributed by atoms with Crippen molar-refractivity contribution in [3.8, 4) is 11.4 Å². The molecule has 0 atom stereocenters. The Labute approximate surface area is 111 Å². The lowest BCUT2D eigenvalue weighted by molar-refractivity contribution is 0.623. The second kappa shape index (κ2) is 4.10. The van der Waals surface area contributed by atoms with Crippen LogP contribution in [0.15, 0.2) is 40.9 Å². The molecular weight excluding hydrogens is 297 g/mol. The summed E-state index contributed by atoms with van der Waals surface area (Å²) in [5.41, 5.74) is 8.28. The number of rotatable bonds is 1. The van der Waals surface area contributed by atoms with Gasteiger partial charge in [0.15, 0.2) is 0 Å². The fourth-order valence-electron chi connectivity index (χ4n) is 1.87. The monoisotopic (exact) mass is 305 g/mol. The molecule has 3 nitrogen and oxygen atoms in total. The molecule has 0 aliphatic carbocycles. The van der Waals surface area contributed by atoms with Crippen molar-refractivity contribution in [1.82, 2.24) is 9.97 Å². The number of aromatic amines is 1. The molecule has 1 aromatic heterocycles. The second-order valence-corrected chi connectivity index (χ2v) is 4.78. The summed E-state index contributed by atoms with van der Waals surface area (Å²) in [6, 6.07) is 10.5. The molecule has 0 fully saturated rings. The summed E-state index contributed by atoms with van der Waals surface area (Å²) in [6.07, 6.45) is 0. The van der Waals surface area contributed by atoms with Crippen molar-refractivity contribution in [1.29, 1.82) is 0 Å². The summed E-state index contributed by atoms with van der Waals surface area (Å²) in [7, 11) is 0. The first kappa shape index (κ1) is 11.2. The summed E-state index contributed by atoms with van der Waals surface area (Å²) >= 11 is 3.16. The highest BCUT2D eigenvalue weighted by Gasteiger charge is 2.12. The van der Waals surface area contributed by atoms with Crippen molar-refractivity contribution in [2.45, 2.75) is 0 Å². The Morgan fingerprint density at radius 2 is 1.94 bits per heavy atom. The van der Waals surface area contributed by atoms with Gasteiger partial charge in [0, 0.05) is 0 Å². The van der Waals surface area contributed by atoms with Crippen LogP contribution in [0, 0.1) is 5.82 Å². The molecule has 0 saturated heterocycles. The lowest BCUT2D eigenvalue weighted by Gasteiger charge is -2.00. The van der Waals surface area contributed by atoms with Crippen molar-refractivity contribution in [3.05, 3.63) is 46.7 Å². The van der Waals surface area contributed by atoms with Crippen LogP contribution < -0.4 is 5.73 Å². The fraction of sp³-hybridized carbons (Fsp3) is 0. The normalized spacial score (nSPS) is 11.0. The van der Waals surface area contributed by atoms with E-state index in [9.17, 15) is 4.39 Å². The minimum atomic E-state index is -0.338. The van der Waals surface area contributed by atoms with E-state index in [1.807, 2.05) is 12.1 Å². The van der Waals surface area contributed by atoms with Crippen molar-refractivity contribution >= 4 is 32.7 Å². The first-order valence-electron chi connectivity index (χ1n) is 5.35. The van der Waals surface area contributed by atoms with E-state index in [0.29, 0.717) is 27.1 Å². The van der Waals surface area contributed by atoms with E-state index < -0.39 is 0 Å². The number of aromatic nitrogens is 2. The largest absolute Gasteiger partial charge is 0.397 e. The van der Waals surface area contributed by atoms with E-state index in [0.717, 1.165) is 5.52 Å². The summed E-state index contributed by atoms with van der Waals surface area (Å²) in [4.78, 5) is 7.41. The third-order valence-electron chi connectivity index (χ3n) is 2.75. The molecule has 3 N–H and O–H groups in total. The zero-order chi connectivity index (χ0) is 12.7. The highest BCUT2D eigenvalue weighted by atomic mass is 79.9. The molecule has 0 radical (unpaired) electrons. The minimum Gasteiger partial charge on any atom is -0.397 e. The van der Waals surface area contributed by atoms with Crippen LogP contribution in [0.25, 0.3) is 22.4 Å². The fourth-order valence-corrected chi connectivity index (χ4v) is 2.23. The van der Waals surface area contributed by atoms with E-state index in [1.165, 1.54) is 0 Å². The van der Waals surface area contributed by atoms with Crippen LogP contribution in [-0.4, -0.2) is 9.97 Å². The lowest BCUT2D eigenvalue weighted by atomic mass is 10.2. The Balaban J connectivity index is 2.26. The molecule has 18 heavy (non-hydrogen) atoms. The van der Waals surface area contributed by atoms with Gasteiger partial charge in [0.2, 0.25) is 0 Å². The molecule has 0 bridgehead atoms. The molecule has 5 heteroatoms. The van der Waals surface area contributed by atoms with Gasteiger partial charge in [-0.1, -0.05) is 12.1 Å². The maximum atomic E-state index is 14.0. The van der Waals surface area contributed by atoms with Crippen LogP contribution in [-0.2, 0) is 0 Å². The number of H-pyrrole nitrogens is 1. The number of nitrogens with zero attached hydrogens (tertiary/aromatic N) is 1. The van der Waals surface area contributed by atoms with Crippen molar-refractivity contribution in [3.63, 3.8) is 0 Å². The van der Waals surface area contributed by atoms with Gasteiger partial charge in [0.05, 0.1) is 21.2 Å². The molecule has 3 aromatic rings. The first-order valence-corrected chi connectivity index (χ1v) is 6.14. The zero-order valence-electron chi connectivity index (χ0n) is 9.24. The Morgan fingerprint density at radius 3 is 2.72 bits per heavy atom. The number of para-hydroxylation sites is 1. The molecule has 0 aliphatic heterocycles. The van der Waals surface area contributed by atoms with E-state index in [-0.39, 0.29) is 5.82 Å². The summed E-state index contributed by atoms with van der Waals surface area (Å²) in [6.45, 7) is 0. The number of nitrogens with one attached hydrogen (secondary N) is 1. The topological polar surface area (TPSA) is 54.7 Å². The van der Waals surface area contributed by atoms with E-state index in [4.69, 9.17) is 5.73 Å². The number of halogens is 2. The van der Waals surface area contributed by atoms with E-state index in [1.54, 1.807) is 24.3 Å². The van der Waals surface area contributed by atoms with Gasteiger partial charge in [0.25, 0.3) is 0 Å². The molecule has 0 amide bonds. The predicted octanol–water partition coefficient (Wildman–Crippen LogP) is 3.71. The van der Waals surface area contributed by atoms with Gasteiger partial charge >= 0.3 is 0 Å². The van der Waals surface area contributed by atoms with Crippen molar-refractivity contribution in [2.24, 2.45) is 0 Å². The average molecular weight is 306 g/mol. The summed E-state index contributed by atoms with van der Waals surface area (Å²) in [5.74, 6) is 0.136. The quantitative estimate of drug-likeness (QED) is 0.673. The average Bonchev–Trinajstić information content (AvgIpc) is 2.78. The van der Waals surface area contributed by atoms with Gasteiger partial charge in [-0.15, -0.1) is 0 Å². The molecule has 1 heterocycles. The Kier molecular flexibility index (Phi) is 2.56. The second-order valence-electron chi connectivity index (χ2n) is 3.93. The van der Waals surface area contributed by atoms with Crippen molar-refractivity contribution in [2.75, 3.05) is 5.73 Å². The van der Waals surface area contributed by atoms with Crippen LogP contribution >= 0.6 is 15.9 Å². The first-order chi connectivity index (χ1) is 8.66. The van der Waals surface area contributed by atoms with Crippen LogP contribution in [0.5, 0.6) is 0 Å². The van der Waals surface area contributed by atoms with Crippen LogP contribution in [0.2, 0.25) is 0 Å².